The first-order chi connectivity index (χ1) is 9.58. The van der Waals surface area contributed by atoms with E-state index in [1.54, 1.807) is 7.05 Å². The van der Waals surface area contributed by atoms with E-state index in [-0.39, 0.29) is 24.9 Å². The third kappa shape index (κ3) is 5.28. The Morgan fingerprint density at radius 3 is 2.86 bits per heavy atom. The summed E-state index contributed by atoms with van der Waals surface area (Å²) in [5.74, 6) is -0.0874. The molecule has 0 aliphatic carbocycles. The van der Waals surface area contributed by atoms with Gasteiger partial charge in [-0.25, -0.2) is 4.98 Å². The number of nitrogens with zero attached hydrogens (tertiary/aromatic N) is 1. The predicted octanol–water partition coefficient (Wildman–Crippen LogP) is 3.28. The SMILES string of the molecule is CNCC(=O)Nc1nc(C)c(Cc2cccc(Cl)c2)s1.Cl. The van der Waals surface area contributed by atoms with Crippen LogP contribution in [0.3, 0.4) is 0 Å². The van der Waals surface area contributed by atoms with E-state index in [0.717, 1.165) is 27.6 Å². The van der Waals surface area contributed by atoms with Crippen LogP contribution in [0.2, 0.25) is 5.02 Å². The van der Waals surface area contributed by atoms with E-state index in [1.165, 1.54) is 11.3 Å². The Morgan fingerprint density at radius 1 is 1.43 bits per heavy atom. The standard InChI is InChI=1S/C14H16ClN3OS.ClH/c1-9-12(7-10-4-3-5-11(15)6-10)20-14(17-9)18-13(19)8-16-2;/h3-6,16H,7-8H2,1-2H3,(H,17,18,19);1H. The molecule has 0 saturated carbocycles. The molecule has 4 nitrogen and oxygen atoms in total. The lowest BCUT2D eigenvalue weighted by Crippen LogP contribution is -2.24. The van der Waals surface area contributed by atoms with E-state index in [2.05, 4.69) is 15.6 Å². The number of benzene rings is 1. The van der Waals surface area contributed by atoms with Gasteiger partial charge in [-0.3, -0.25) is 4.79 Å². The maximum atomic E-state index is 11.5. The molecular formula is C14H17Cl2N3OS. The summed E-state index contributed by atoms with van der Waals surface area (Å²) in [5.41, 5.74) is 2.08. The van der Waals surface area contributed by atoms with Crippen LogP contribution >= 0.6 is 35.3 Å². The average molecular weight is 346 g/mol. The minimum absolute atomic E-state index is 0. The van der Waals surface area contributed by atoms with Gasteiger partial charge in [0.25, 0.3) is 0 Å². The molecule has 0 bridgehead atoms. The molecule has 7 heteroatoms. The summed E-state index contributed by atoms with van der Waals surface area (Å²) < 4.78 is 0. The largest absolute Gasteiger partial charge is 0.311 e. The minimum atomic E-state index is -0.0874. The van der Waals surface area contributed by atoms with E-state index in [4.69, 9.17) is 11.6 Å². The molecule has 2 N–H and O–H groups in total. The van der Waals surface area contributed by atoms with Crippen molar-refractivity contribution in [2.75, 3.05) is 18.9 Å². The molecule has 0 aliphatic heterocycles. The van der Waals surface area contributed by atoms with Gasteiger partial charge in [-0.05, 0) is 31.7 Å². The van der Waals surface area contributed by atoms with Crippen LogP contribution in [-0.4, -0.2) is 24.5 Å². The molecule has 0 unspecified atom stereocenters. The highest BCUT2D eigenvalue weighted by Gasteiger charge is 2.10. The number of thiazole rings is 1. The van der Waals surface area contributed by atoms with E-state index in [1.807, 2.05) is 31.2 Å². The van der Waals surface area contributed by atoms with Crippen molar-refractivity contribution >= 4 is 46.4 Å². The Kier molecular flexibility index (Phi) is 7.11. The lowest BCUT2D eigenvalue weighted by molar-refractivity contribution is -0.115. The van der Waals surface area contributed by atoms with Crippen molar-refractivity contribution < 1.29 is 4.79 Å². The maximum absolute atomic E-state index is 11.5. The summed E-state index contributed by atoms with van der Waals surface area (Å²) in [5, 5.41) is 6.95. The van der Waals surface area contributed by atoms with Gasteiger partial charge in [0.2, 0.25) is 5.91 Å². The monoisotopic (exact) mass is 345 g/mol. The van der Waals surface area contributed by atoms with Gasteiger partial charge >= 0.3 is 0 Å². The summed E-state index contributed by atoms with van der Waals surface area (Å²) in [6.45, 7) is 2.23. The Bertz CT molecular complexity index is 616. The second-order valence-corrected chi connectivity index (χ2v) is 5.93. The molecule has 2 rings (SSSR count). The lowest BCUT2D eigenvalue weighted by atomic mass is 10.1. The van der Waals surface area contributed by atoms with Crippen molar-refractivity contribution in [3.63, 3.8) is 0 Å². The van der Waals surface area contributed by atoms with Gasteiger partial charge in [0, 0.05) is 16.3 Å². The fourth-order valence-electron chi connectivity index (χ4n) is 1.80. The van der Waals surface area contributed by atoms with E-state index in [0.29, 0.717) is 5.13 Å². The van der Waals surface area contributed by atoms with Crippen LogP contribution in [0.25, 0.3) is 0 Å². The van der Waals surface area contributed by atoms with E-state index in [9.17, 15) is 4.79 Å². The lowest BCUT2D eigenvalue weighted by Gasteiger charge is -2.00. The van der Waals surface area contributed by atoms with Crippen LogP contribution in [0.1, 0.15) is 16.1 Å². The molecule has 21 heavy (non-hydrogen) atoms. The molecule has 0 aliphatic rings. The maximum Gasteiger partial charge on any atom is 0.240 e. The summed E-state index contributed by atoms with van der Waals surface area (Å²) in [7, 11) is 1.73. The second kappa shape index (κ2) is 8.34. The average Bonchev–Trinajstić information content (AvgIpc) is 2.69. The quantitative estimate of drug-likeness (QED) is 0.874. The van der Waals surface area contributed by atoms with Crippen LogP contribution < -0.4 is 10.6 Å². The zero-order valence-corrected chi connectivity index (χ0v) is 14.2. The number of rotatable bonds is 5. The molecule has 1 amide bonds. The minimum Gasteiger partial charge on any atom is -0.311 e. The van der Waals surface area contributed by atoms with Crippen molar-refractivity contribution in [1.29, 1.82) is 0 Å². The number of nitrogens with one attached hydrogen (secondary N) is 2. The van der Waals surface area contributed by atoms with Crippen LogP contribution in [0.4, 0.5) is 5.13 Å². The number of hydrogen-bond donors (Lipinski definition) is 2. The topological polar surface area (TPSA) is 54.0 Å². The fourth-order valence-corrected chi connectivity index (χ4v) is 3.03. The van der Waals surface area contributed by atoms with Crippen molar-refractivity contribution in [2.45, 2.75) is 13.3 Å². The highest BCUT2D eigenvalue weighted by atomic mass is 35.5. The Morgan fingerprint density at radius 2 is 2.19 bits per heavy atom. The molecule has 1 aromatic carbocycles. The number of anilines is 1. The summed E-state index contributed by atoms with van der Waals surface area (Å²) in [6, 6.07) is 7.77. The number of amides is 1. The van der Waals surface area contributed by atoms with Crippen molar-refractivity contribution in [2.24, 2.45) is 0 Å². The van der Waals surface area contributed by atoms with Gasteiger partial charge in [0.15, 0.2) is 5.13 Å². The summed E-state index contributed by atoms with van der Waals surface area (Å²) in [6.07, 6.45) is 0.770. The van der Waals surface area contributed by atoms with E-state index < -0.39 is 0 Å². The van der Waals surface area contributed by atoms with Gasteiger partial charge in [-0.15, -0.1) is 23.7 Å². The van der Waals surface area contributed by atoms with Gasteiger partial charge in [0.05, 0.1) is 12.2 Å². The Balaban J connectivity index is 0.00000220. The number of aromatic nitrogens is 1. The molecule has 0 atom stereocenters. The first kappa shape index (κ1) is 17.9. The first-order valence-electron chi connectivity index (χ1n) is 6.23. The molecule has 2 aromatic rings. The van der Waals surface area contributed by atoms with E-state index >= 15 is 0 Å². The zero-order valence-electron chi connectivity index (χ0n) is 11.8. The molecule has 0 spiro atoms. The van der Waals surface area contributed by atoms with Gasteiger partial charge in [-0.2, -0.15) is 0 Å². The molecule has 1 heterocycles. The van der Waals surface area contributed by atoms with Crippen molar-refractivity contribution in [3.05, 3.63) is 45.4 Å². The van der Waals surface area contributed by atoms with Crippen LogP contribution in [0.15, 0.2) is 24.3 Å². The number of likely N-dealkylation sites (N-methyl/N-ethyl adjacent to an activating group) is 1. The summed E-state index contributed by atoms with van der Waals surface area (Å²) >= 11 is 7.48. The Hall–Kier alpha value is -1.14. The highest BCUT2D eigenvalue weighted by molar-refractivity contribution is 7.15. The Labute approximate surface area is 139 Å². The number of carbonyl (C=O) groups excluding carboxylic acids is 1. The number of carbonyl (C=O) groups is 1. The van der Waals surface area contributed by atoms with Gasteiger partial charge in [0.1, 0.15) is 0 Å². The zero-order chi connectivity index (χ0) is 14.5. The number of aryl methyl sites for hydroxylation is 1. The van der Waals surface area contributed by atoms with Crippen molar-refractivity contribution in [3.8, 4) is 0 Å². The van der Waals surface area contributed by atoms with Gasteiger partial charge < -0.3 is 10.6 Å². The van der Waals surface area contributed by atoms with Crippen LogP contribution in [-0.2, 0) is 11.2 Å². The normalized spacial score (nSPS) is 10.0. The van der Waals surface area contributed by atoms with Crippen LogP contribution in [0.5, 0.6) is 0 Å². The van der Waals surface area contributed by atoms with Crippen molar-refractivity contribution in [1.82, 2.24) is 10.3 Å². The smallest absolute Gasteiger partial charge is 0.240 e. The third-order valence-electron chi connectivity index (χ3n) is 2.73. The predicted molar refractivity (Wildman–Crippen MR) is 90.9 cm³/mol. The van der Waals surface area contributed by atoms with Gasteiger partial charge in [-0.1, -0.05) is 23.7 Å². The molecule has 114 valence electrons. The highest BCUT2D eigenvalue weighted by Crippen LogP contribution is 2.25. The first-order valence-corrected chi connectivity index (χ1v) is 7.43. The molecule has 1 aromatic heterocycles. The molecule has 0 fully saturated rings. The molecular weight excluding hydrogens is 329 g/mol. The number of hydrogen-bond acceptors (Lipinski definition) is 4. The summed E-state index contributed by atoms with van der Waals surface area (Å²) in [4.78, 5) is 17.0. The molecule has 0 saturated heterocycles. The third-order valence-corrected chi connectivity index (χ3v) is 4.04. The second-order valence-electron chi connectivity index (χ2n) is 4.41. The molecule has 0 radical (unpaired) electrons. The number of halogens is 2. The fraction of sp³-hybridized carbons (Fsp3) is 0.286. The van der Waals surface area contributed by atoms with Crippen LogP contribution in [0, 0.1) is 6.92 Å².